The first-order chi connectivity index (χ1) is 9.86. The van der Waals surface area contributed by atoms with E-state index >= 15 is 0 Å². The number of rotatable bonds is 4. The topological polar surface area (TPSA) is 59.9 Å². The predicted octanol–water partition coefficient (Wildman–Crippen LogP) is 2.65. The minimum absolute atomic E-state index is 0.673. The molecule has 0 fully saturated rings. The first-order valence-electron chi connectivity index (χ1n) is 6.28. The SMILES string of the molecule is COc1ccc2c(NCc3cccnc3)ncnc2c1. The van der Waals surface area contributed by atoms with E-state index in [9.17, 15) is 0 Å². The van der Waals surface area contributed by atoms with Gasteiger partial charge in [-0.15, -0.1) is 0 Å². The first kappa shape index (κ1) is 12.3. The van der Waals surface area contributed by atoms with Crippen LogP contribution in [-0.4, -0.2) is 22.1 Å². The van der Waals surface area contributed by atoms with E-state index in [1.165, 1.54) is 0 Å². The van der Waals surface area contributed by atoms with E-state index in [1.807, 2.05) is 36.5 Å². The number of nitrogens with zero attached hydrogens (tertiary/aromatic N) is 3. The molecule has 0 saturated carbocycles. The molecule has 0 bridgehead atoms. The van der Waals surface area contributed by atoms with Crippen LogP contribution in [-0.2, 0) is 6.54 Å². The number of hydrogen-bond acceptors (Lipinski definition) is 5. The van der Waals surface area contributed by atoms with Crippen LogP contribution in [0.1, 0.15) is 5.56 Å². The Morgan fingerprint density at radius 3 is 2.95 bits per heavy atom. The monoisotopic (exact) mass is 266 g/mol. The zero-order valence-corrected chi connectivity index (χ0v) is 11.1. The zero-order valence-electron chi connectivity index (χ0n) is 11.1. The highest BCUT2D eigenvalue weighted by molar-refractivity contribution is 5.89. The Labute approximate surface area is 116 Å². The van der Waals surface area contributed by atoms with Gasteiger partial charge in [0.05, 0.1) is 12.6 Å². The molecular weight excluding hydrogens is 252 g/mol. The Morgan fingerprint density at radius 2 is 2.15 bits per heavy atom. The molecule has 0 saturated heterocycles. The standard InChI is InChI=1S/C15H14N4O/c1-20-12-4-5-13-14(7-12)18-10-19-15(13)17-9-11-3-2-6-16-8-11/h2-8,10H,9H2,1H3,(H,17,18,19). The fraction of sp³-hybridized carbons (Fsp3) is 0.133. The van der Waals surface area contributed by atoms with Crippen molar-refractivity contribution in [3.05, 3.63) is 54.6 Å². The second kappa shape index (κ2) is 5.52. The van der Waals surface area contributed by atoms with E-state index in [-0.39, 0.29) is 0 Å². The number of benzene rings is 1. The van der Waals surface area contributed by atoms with Gasteiger partial charge in [0, 0.05) is 30.4 Å². The summed E-state index contributed by atoms with van der Waals surface area (Å²) in [6.45, 7) is 0.673. The van der Waals surface area contributed by atoms with Gasteiger partial charge in [0.25, 0.3) is 0 Å². The molecule has 1 N–H and O–H groups in total. The van der Waals surface area contributed by atoms with Crippen molar-refractivity contribution in [3.8, 4) is 5.75 Å². The molecule has 0 atom stereocenters. The van der Waals surface area contributed by atoms with Crippen LogP contribution in [0.2, 0.25) is 0 Å². The molecule has 0 aliphatic heterocycles. The lowest BCUT2D eigenvalue weighted by Gasteiger charge is -2.09. The molecule has 2 heterocycles. The van der Waals surface area contributed by atoms with Crippen LogP contribution in [0.5, 0.6) is 5.75 Å². The number of methoxy groups -OCH3 is 1. The third kappa shape index (κ3) is 2.51. The normalized spacial score (nSPS) is 10.4. The van der Waals surface area contributed by atoms with Crippen molar-refractivity contribution >= 4 is 16.7 Å². The Bertz CT molecular complexity index is 715. The van der Waals surface area contributed by atoms with E-state index < -0.39 is 0 Å². The van der Waals surface area contributed by atoms with Crippen LogP contribution in [0.3, 0.4) is 0 Å². The molecular formula is C15H14N4O. The Hall–Kier alpha value is -2.69. The van der Waals surface area contributed by atoms with E-state index in [4.69, 9.17) is 4.74 Å². The van der Waals surface area contributed by atoms with Crippen molar-refractivity contribution in [1.82, 2.24) is 15.0 Å². The lowest BCUT2D eigenvalue weighted by molar-refractivity contribution is 0.415. The largest absolute Gasteiger partial charge is 0.497 e. The van der Waals surface area contributed by atoms with Gasteiger partial charge < -0.3 is 10.1 Å². The lowest BCUT2D eigenvalue weighted by atomic mass is 10.2. The maximum Gasteiger partial charge on any atom is 0.137 e. The molecule has 0 amide bonds. The fourth-order valence-corrected chi connectivity index (χ4v) is 1.99. The quantitative estimate of drug-likeness (QED) is 0.786. The minimum atomic E-state index is 0.673. The van der Waals surface area contributed by atoms with Crippen LogP contribution in [0.4, 0.5) is 5.82 Å². The van der Waals surface area contributed by atoms with Crippen molar-refractivity contribution in [1.29, 1.82) is 0 Å². The van der Waals surface area contributed by atoms with Crippen molar-refractivity contribution in [2.75, 3.05) is 12.4 Å². The van der Waals surface area contributed by atoms with E-state index in [0.29, 0.717) is 6.54 Å². The van der Waals surface area contributed by atoms with Crippen molar-refractivity contribution in [3.63, 3.8) is 0 Å². The molecule has 0 aliphatic rings. The highest BCUT2D eigenvalue weighted by atomic mass is 16.5. The molecule has 3 aromatic rings. The molecule has 0 radical (unpaired) electrons. The van der Waals surface area contributed by atoms with Gasteiger partial charge in [0.15, 0.2) is 0 Å². The number of aromatic nitrogens is 3. The van der Waals surface area contributed by atoms with Gasteiger partial charge in [-0.05, 0) is 23.8 Å². The number of nitrogens with one attached hydrogen (secondary N) is 1. The van der Waals surface area contributed by atoms with Crippen molar-refractivity contribution in [2.24, 2.45) is 0 Å². The van der Waals surface area contributed by atoms with E-state index in [2.05, 4.69) is 20.3 Å². The molecule has 2 aromatic heterocycles. The minimum Gasteiger partial charge on any atom is -0.497 e. The third-order valence-corrected chi connectivity index (χ3v) is 3.03. The van der Waals surface area contributed by atoms with E-state index in [1.54, 1.807) is 19.6 Å². The number of pyridine rings is 1. The van der Waals surface area contributed by atoms with E-state index in [0.717, 1.165) is 28.0 Å². The van der Waals surface area contributed by atoms with Gasteiger partial charge in [0.1, 0.15) is 17.9 Å². The van der Waals surface area contributed by atoms with Crippen LogP contribution in [0.25, 0.3) is 10.9 Å². The average molecular weight is 266 g/mol. The molecule has 3 rings (SSSR count). The molecule has 100 valence electrons. The summed E-state index contributed by atoms with van der Waals surface area (Å²) in [5.41, 5.74) is 1.96. The molecule has 1 aromatic carbocycles. The highest BCUT2D eigenvalue weighted by Gasteiger charge is 2.04. The second-order valence-electron chi connectivity index (χ2n) is 4.32. The number of fused-ring (bicyclic) bond motifs is 1. The molecule has 5 heteroatoms. The van der Waals surface area contributed by atoms with Crippen LogP contribution < -0.4 is 10.1 Å². The summed E-state index contributed by atoms with van der Waals surface area (Å²) in [5.74, 6) is 1.59. The summed E-state index contributed by atoms with van der Waals surface area (Å²) in [7, 11) is 1.64. The maximum absolute atomic E-state index is 5.20. The van der Waals surface area contributed by atoms with Gasteiger partial charge in [-0.25, -0.2) is 9.97 Å². The Morgan fingerprint density at radius 1 is 1.20 bits per heavy atom. The fourth-order valence-electron chi connectivity index (χ4n) is 1.99. The van der Waals surface area contributed by atoms with Gasteiger partial charge in [-0.3, -0.25) is 4.98 Å². The summed E-state index contributed by atoms with van der Waals surface area (Å²) in [4.78, 5) is 12.6. The lowest BCUT2D eigenvalue weighted by Crippen LogP contribution is -2.02. The van der Waals surface area contributed by atoms with Gasteiger partial charge in [-0.2, -0.15) is 0 Å². The smallest absolute Gasteiger partial charge is 0.137 e. The predicted molar refractivity (Wildman–Crippen MR) is 77.7 cm³/mol. The van der Waals surface area contributed by atoms with Gasteiger partial charge in [0.2, 0.25) is 0 Å². The third-order valence-electron chi connectivity index (χ3n) is 3.03. The first-order valence-corrected chi connectivity index (χ1v) is 6.28. The molecule has 0 spiro atoms. The molecule has 20 heavy (non-hydrogen) atoms. The molecule has 0 unspecified atom stereocenters. The number of ether oxygens (including phenoxy) is 1. The zero-order chi connectivity index (χ0) is 13.8. The summed E-state index contributed by atoms with van der Waals surface area (Å²) < 4.78 is 5.20. The Kier molecular flexibility index (Phi) is 3.41. The molecule has 0 aliphatic carbocycles. The average Bonchev–Trinajstić information content (AvgIpc) is 2.53. The van der Waals surface area contributed by atoms with Gasteiger partial charge >= 0.3 is 0 Å². The van der Waals surface area contributed by atoms with Gasteiger partial charge in [-0.1, -0.05) is 6.07 Å². The summed E-state index contributed by atoms with van der Waals surface area (Å²) in [5, 5.41) is 4.28. The Balaban J connectivity index is 1.88. The summed E-state index contributed by atoms with van der Waals surface area (Å²) in [6.07, 6.45) is 5.14. The van der Waals surface area contributed by atoms with Crippen LogP contribution in [0, 0.1) is 0 Å². The maximum atomic E-state index is 5.20. The number of anilines is 1. The van der Waals surface area contributed by atoms with Crippen LogP contribution in [0.15, 0.2) is 49.1 Å². The highest BCUT2D eigenvalue weighted by Crippen LogP contribution is 2.23. The number of hydrogen-bond donors (Lipinski definition) is 1. The van der Waals surface area contributed by atoms with Crippen molar-refractivity contribution < 1.29 is 4.74 Å². The summed E-state index contributed by atoms with van der Waals surface area (Å²) in [6, 6.07) is 9.69. The van der Waals surface area contributed by atoms with Crippen molar-refractivity contribution in [2.45, 2.75) is 6.54 Å². The molecule has 5 nitrogen and oxygen atoms in total. The second-order valence-corrected chi connectivity index (χ2v) is 4.32. The summed E-state index contributed by atoms with van der Waals surface area (Å²) >= 11 is 0. The van der Waals surface area contributed by atoms with Crippen LogP contribution >= 0.6 is 0 Å².